The molecular formula is C26H27FN2O4S. The first-order valence-corrected chi connectivity index (χ1v) is 12.4. The zero-order chi connectivity index (χ0) is 24.5. The zero-order valence-electron chi connectivity index (χ0n) is 19.3. The molecule has 0 fully saturated rings. The first-order chi connectivity index (χ1) is 16.0. The maximum Gasteiger partial charge on any atom is 0.264 e. The molecule has 3 aromatic carbocycles. The van der Waals surface area contributed by atoms with Crippen molar-refractivity contribution in [2.75, 3.05) is 10.8 Å². The van der Waals surface area contributed by atoms with Crippen LogP contribution < -0.4 is 14.4 Å². The van der Waals surface area contributed by atoms with Gasteiger partial charge in [0.25, 0.3) is 10.0 Å². The summed E-state index contributed by atoms with van der Waals surface area (Å²) < 4.78 is 47.4. The number of anilines is 1. The standard InChI is InChI=1S/C26H27FN2O4S/c1-18-9-14-24-22(15-18)23(16-26(2,3)33-24)28-25(30)17-29(20-7-5-4-6-8-20)34(31,32)21-12-10-19(27)11-13-21/h4-15,23H,16-17H2,1-3H3,(H,28,30). The van der Waals surface area contributed by atoms with Crippen LogP contribution in [-0.4, -0.2) is 26.5 Å². The monoisotopic (exact) mass is 482 g/mol. The third kappa shape index (κ3) is 5.07. The van der Waals surface area contributed by atoms with Crippen molar-refractivity contribution in [3.05, 3.63) is 89.7 Å². The molecule has 1 heterocycles. The van der Waals surface area contributed by atoms with Crippen molar-refractivity contribution >= 4 is 21.6 Å². The number of hydrogen-bond acceptors (Lipinski definition) is 4. The zero-order valence-corrected chi connectivity index (χ0v) is 20.1. The number of nitrogens with one attached hydrogen (secondary N) is 1. The number of rotatable bonds is 6. The predicted molar refractivity (Wildman–Crippen MR) is 129 cm³/mol. The second kappa shape index (κ2) is 9.10. The summed E-state index contributed by atoms with van der Waals surface area (Å²) in [7, 11) is -4.12. The van der Waals surface area contributed by atoms with Crippen LogP contribution in [0.15, 0.2) is 77.7 Å². The van der Waals surface area contributed by atoms with Gasteiger partial charge in [-0.05, 0) is 63.2 Å². The van der Waals surface area contributed by atoms with Crippen LogP contribution in [0.4, 0.5) is 10.1 Å². The van der Waals surface area contributed by atoms with Gasteiger partial charge in [-0.15, -0.1) is 0 Å². The van der Waals surface area contributed by atoms with Crippen LogP contribution in [0.25, 0.3) is 0 Å². The number of fused-ring (bicyclic) bond motifs is 1. The number of benzene rings is 3. The number of para-hydroxylation sites is 1. The van der Waals surface area contributed by atoms with Crippen molar-refractivity contribution in [1.29, 1.82) is 0 Å². The average molecular weight is 483 g/mol. The Bertz CT molecular complexity index is 1290. The second-order valence-corrected chi connectivity index (χ2v) is 10.9. The van der Waals surface area contributed by atoms with Crippen LogP contribution in [-0.2, 0) is 14.8 Å². The van der Waals surface area contributed by atoms with Crippen LogP contribution >= 0.6 is 0 Å². The van der Waals surface area contributed by atoms with E-state index in [9.17, 15) is 17.6 Å². The molecule has 0 aliphatic carbocycles. The quantitative estimate of drug-likeness (QED) is 0.550. The van der Waals surface area contributed by atoms with Gasteiger partial charge in [0, 0.05) is 12.0 Å². The van der Waals surface area contributed by atoms with Gasteiger partial charge in [-0.2, -0.15) is 0 Å². The van der Waals surface area contributed by atoms with Gasteiger partial charge in [0.15, 0.2) is 0 Å². The highest BCUT2D eigenvalue weighted by atomic mass is 32.2. The van der Waals surface area contributed by atoms with Crippen LogP contribution in [0.5, 0.6) is 5.75 Å². The summed E-state index contributed by atoms with van der Waals surface area (Å²) in [6.45, 7) is 5.43. The van der Waals surface area contributed by atoms with E-state index in [2.05, 4.69) is 5.32 Å². The first-order valence-electron chi connectivity index (χ1n) is 11.0. The van der Waals surface area contributed by atoms with Crippen molar-refractivity contribution in [2.45, 2.75) is 43.7 Å². The number of hydrogen-bond donors (Lipinski definition) is 1. The van der Waals surface area contributed by atoms with E-state index in [1.165, 1.54) is 12.1 Å². The molecule has 178 valence electrons. The number of amides is 1. The normalized spacial score (nSPS) is 16.8. The summed E-state index contributed by atoms with van der Waals surface area (Å²) in [5, 5.41) is 3.01. The molecule has 6 nitrogen and oxygen atoms in total. The predicted octanol–water partition coefficient (Wildman–Crippen LogP) is 4.75. The number of aryl methyl sites for hydroxylation is 1. The highest BCUT2D eigenvalue weighted by molar-refractivity contribution is 7.92. The van der Waals surface area contributed by atoms with Crippen molar-refractivity contribution < 1.29 is 22.3 Å². The van der Waals surface area contributed by atoms with Crippen LogP contribution in [0.3, 0.4) is 0 Å². The Hall–Kier alpha value is -3.39. The minimum atomic E-state index is -4.12. The molecule has 0 aromatic heterocycles. The molecule has 1 aliphatic rings. The van der Waals surface area contributed by atoms with E-state index in [1.807, 2.05) is 39.0 Å². The Balaban J connectivity index is 1.64. The lowest BCUT2D eigenvalue weighted by Crippen LogP contribution is -2.45. The second-order valence-electron chi connectivity index (χ2n) is 9.03. The van der Waals surface area contributed by atoms with Crippen LogP contribution in [0, 0.1) is 12.7 Å². The lowest BCUT2D eigenvalue weighted by Gasteiger charge is -2.38. The topological polar surface area (TPSA) is 75.7 Å². The van der Waals surface area contributed by atoms with Gasteiger partial charge in [-0.25, -0.2) is 12.8 Å². The molecule has 0 saturated carbocycles. The Morgan fingerprint density at radius 3 is 2.44 bits per heavy atom. The summed E-state index contributed by atoms with van der Waals surface area (Å²) in [5.74, 6) is -0.297. The molecule has 0 radical (unpaired) electrons. The molecule has 34 heavy (non-hydrogen) atoms. The lowest BCUT2D eigenvalue weighted by atomic mass is 9.89. The molecule has 0 saturated heterocycles. The molecule has 1 unspecified atom stereocenters. The average Bonchev–Trinajstić information content (AvgIpc) is 2.78. The Labute approximate surface area is 199 Å². The smallest absolute Gasteiger partial charge is 0.264 e. The van der Waals surface area contributed by atoms with Gasteiger partial charge in [-0.3, -0.25) is 9.10 Å². The van der Waals surface area contributed by atoms with Crippen LogP contribution in [0.1, 0.15) is 37.4 Å². The molecule has 1 aliphatic heterocycles. The van der Waals surface area contributed by atoms with Crippen molar-refractivity contribution in [3.8, 4) is 5.75 Å². The lowest BCUT2D eigenvalue weighted by molar-refractivity contribution is -0.120. The van der Waals surface area contributed by atoms with E-state index >= 15 is 0 Å². The number of nitrogens with zero attached hydrogens (tertiary/aromatic N) is 1. The largest absolute Gasteiger partial charge is 0.487 e. The SMILES string of the molecule is Cc1ccc2c(c1)C(NC(=O)CN(c1ccccc1)S(=O)(=O)c1ccc(F)cc1)CC(C)(C)O2. The van der Waals surface area contributed by atoms with E-state index in [0.29, 0.717) is 17.9 Å². The first kappa shape index (κ1) is 23.8. The van der Waals surface area contributed by atoms with Gasteiger partial charge in [0.1, 0.15) is 23.7 Å². The molecule has 0 bridgehead atoms. The molecular weight excluding hydrogens is 455 g/mol. The maximum absolute atomic E-state index is 13.4. The maximum atomic E-state index is 13.4. The van der Waals surface area contributed by atoms with Gasteiger partial charge >= 0.3 is 0 Å². The molecule has 0 spiro atoms. The summed E-state index contributed by atoms with van der Waals surface area (Å²) in [6, 6.07) is 18.4. The molecule has 1 N–H and O–H groups in total. The number of halogens is 1. The number of ether oxygens (including phenoxy) is 1. The highest BCUT2D eigenvalue weighted by Gasteiger charge is 2.35. The summed E-state index contributed by atoms with van der Waals surface area (Å²) in [6.07, 6.45) is 0.533. The molecule has 8 heteroatoms. The van der Waals surface area contributed by atoms with E-state index in [4.69, 9.17) is 4.74 Å². The number of sulfonamides is 1. The summed E-state index contributed by atoms with van der Waals surface area (Å²) in [5.41, 5.74) is 1.73. The minimum absolute atomic E-state index is 0.0984. The molecule has 1 amide bonds. The van der Waals surface area contributed by atoms with Crippen LogP contribution in [0.2, 0.25) is 0 Å². The highest BCUT2D eigenvalue weighted by Crippen LogP contribution is 2.40. The number of carbonyl (C=O) groups is 1. The Morgan fingerprint density at radius 1 is 1.09 bits per heavy atom. The fourth-order valence-electron chi connectivity index (χ4n) is 4.12. The van der Waals surface area contributed by atoms with Gasteiger partial charge in [-0.1, -0.05) is 35.9 Å². The van der Waals surface area contributed by atoms with E-state index < -0.39 is 33.9 Å². The Morgan fingerprint density at radius 2 is 1.76 bits per heavy atom. The third-order valence-corrected chi connectivity index (χ3v) is 7.48. The third-order valence-electron chi connectivity index (χ3n) is 5.69. The molecule has 1 atom stereocenters. The van der Waals surface area contributed by atoms with Crippen molar-refractivity contribution in [3.63, 3.8) is 0 Å². The van der Waals surface area contributed by atoms with E-state index in [0.717, 1.165) is 27.6 Å². The van der Waals surface area contributed by atoms with E-state index in [-0.39, 0.29) is 10.9 Å². The van der Waals surface area contributed by atoms with E-state index in [1.54, 1.807) is 30.3 Å². The Kier molecular flexibility index (Phi) is 6.36. The van der Waals surface area contributed by atoms with Gasteiger partial charge in [0.2, 0.25) is 5.91 Å². The number of carbonyl (C=O) groups excluding carboxylic acids is 1. The molecule has 3 aromatic rings. The van der Waals surface area contributed by atoms with Gasteiger partial charge < -0.3 is 10.1 Å². The fourth-order valence-corrected chi connectivity index (χ4v) is 5.54. The summed E-state index contributed by atoms with van der Waals surface area (Å²) in [4.78, 5) is 13.1. The van der Waals surface area contributed by atoms with Gasteiger partial charge in [0.05, 0.1) is 16.6 Å². The fraction of sp³-hybridized carbons (Fsp3) is 0.269. The minimum Gasteiger partial charge on any atom is -0.487 e. The van der Waals surface area contributed by atoms with Crippen molar-refractivity contribution in [1.82, 2.24) is 5.32 Å². The summed E-state index contributed by atoms with van der Waals surface area (Å²) >= 11 is 0. The van der Waals surface area contributed by atoms with Crippen molar-refractivity contribution in [2.24, 2.45) is 0 Å². The molecule has 4 rings (SSSR count).